The van der Waals surface area contributed by atoms with Crippen molar-refractivity contribution in [3.05, 3.63) is 0 Å². The van der Waals surface area contributed by atoms with E-state index in [1.54, 1.807) is 0 Å². The van der Waals surface area contributed by atoms with E-state index in [2.05, 4.69) is 44.4 Å². The van der Waals surface area contributed by atoms with Crippen LogP contribution in [0, 0.1) is 5.92 Å². The molecule has 0 aliphatic heterocycles. The Bertz CT molecular complexity index is 791. The first-order chi connectivity index (χ1) is 26.9. The molecule has 0 bridgehead atoms. The van der Waals surface area contributed by atoms with E-state index >= 15 is 0 Å². The van der Waals surface area contributed by atoms with Gasteiger partial charge in [-0.05, 0) is 97.3 Å². The third-order valence-electron chi connectivity index (χ3n) is 11.3. The van der Waals surface area contributed by atoms with Crippen molar-refractivity contribution in [3.63, 3.8) is 0 Å². The van der Waals surface area contributed by atoms with Crippen LogP contribution in [0.1, 0.15) is 228 Å². The van der Waals surface area contributed by atoms with Crippen LogP contribution in [0.25, 0.3) is 0 Å². The van der Waals surface area contributed by atoms with Crippen molar-refractivity contribution >= 4 is 11.9 Å². The molecule has 0 aliphatic carbocycles. The van der Waals surface area contributed by atoms with Crippen molar-refractivity contribution in [2.24, 2.45) is 5.92 Å². The Kier molecular flexibility index (Phi) is 41.5. The molecule has 7 nitrogen and oxygen atoms in total. The number of likely N-dealkylation sites (N-methyl/N-ethyl adjacent to an activating group) is 1. The zero-order valence-electron chi connectivity index (χ0n) is 38.0. The molecule has 0 saturated heterocycles. The lowest BCUT2D eigenvalue weighted by Gasteiger charge is -2.26. The second kappa shape index (κ2) is 42.4. The lowest BCUT2D eigenvalue weighted by atomic mass is 10.0. The first kappa shape index (κ1) is 53.8. The SMILES string of the molecule is CCCCCCCCOCC(C)C(=O)OCCCCCN(CCCCCCCC(=O)OC(CCCCCCCC)CCCCCCCC)CCN(CC)CC. The highest BCUT2D eigenvalue weighted by Crippen LogP contribution is 2.18. The number of hydrogen-bond acceptors (Lipinski definition) is 7. The molecule has 55 heavy (non-hydrogen) atoms. The second-order valence-electron chi connectivity index (χ2n) is 16.6. The summed E-state index contributed by atoms with van der Waals surface area (Å²) in [6, 6.07) is 0. The van der Waals surface area contributed by atoms with E-state index in [-0.39, 0.29) is 24.0 Å². The summed E-state index contributed by atoms with van der Waals surface area (Å²) in [5.74, 6) is -0.296. The molecule has 0 fully saturated rings. The third kappa shape index (κ3) is 36.9. The minimum atomic E-state index is -0.198. The second-order valence-corrected chi connectivity index (χ2v) is 16.6. The van der Waals surface area contributed by atoms with Gasteiger partial charge in [-0.2, -0.15) is 0 Å². The molecule has 0 amide bonds. The normalized spacial score (nSPS) is 12.3. The summed E-state index contributed by atoms with van der Waals surface area (Å²) in [6.07, 6.45) is 34.5. The minimum absolute atomic E-state index is 0.0293. The van der Waals surface area contributed by atoms with Crippen LogP contribution in [-0.2, 0) is 23.8 Å². The minimum Gasteiger partial charge on any atom is -0.465 e. The van der Waals surface area contributed by atoms with Crippen LogP contribution in [0.2, 0.25) is 0 Å². The van der Waals surface area contributed by atoms with Crippen LogP contribution in [0.4, 0.5) is 0 Å². The highest BCUT2D eigenvalue weighted by Gasteiger charge is 2.16. The topological polar surface area (TPSA) is 68.3 Å². The van der Waals surface area contributed by atoms with E-state index in [0.29, 0.717) is 19.6 Å². The molecule has 0 aromatic carbocycles. The molecule has 0 radical (unpaired) electrons. The fourth-order valence-electron chi connectivity index (χ4n) is 7.35. The summed E-state index contributed by atoms with van der Waals surface area (Å²) >= 11 is 0. The van der Waals surface area contributed by atoms with E-state index in [1.807, 2.05) is 6.92 Å². The average Bonchev–Trinajstić information content (AvgIpc) is 3.18. The van der Waals surface area contributed by atoms with Gasteiger partial charge in [0.05, 0.1) is 19.1 Å². The zero-order valence-corrected chi connectivity index (χ0v) is 38.0. The number of hydrogen-bond donors (Lipinski definition) is 0. The van der Waals surface area contributed by atoms with Crippen LogP contribution in [0.3, 0.4) is 0 Å². The largest absolute Gasteiger partial charge is 0.465 e. The summed E-state index contributed by atoms with van der Waals surface area (Å²) in [5, 5.41) is 0. The molecule has 0 aliphatic rings. The molecule has 328 valence electrons. The van der Waals surface area contributed by atoms with Crippen LogP contribution in [0.5, 0.6) is 0 Å². The first-order valence-electron chi connectivity index (χ1n) is 24.3. The number of carbonyl (C=O) groups is 2. The van der Waals surface area contributed by atoms with Gasteiger partial charge in [0.1, 0.15) is 6.10 Å². The highest BCUT2D eigenvalue weighted by molar-refractivity contribution is 5.72. The van der Waals surface area contributed by atoms with E-state index < -0.39 is 0 Å². The summed E-state index contributed by atoms with van der Waals surface area (Å²) in [4.78, 5) is 30.4. The number of nitrogens with zero attached hydrogens (tertiary/aromatic N) is 2. The molecule has 0 spiro atoms. The van der Waals surface area contributed by atoms with Crippen LogP contribution in [0.15, 0.2) is 0 Å². The van der Waals surface area contributed by atoms with Gasteiger partial charge >= 0.3 is 11.9 Å². The molecule has 0 rings (SSSR count). The number of carbonyl (C=O) groups excluding carboxylic acids is 2. The molecule has 7 heteroatoms. The Morgan fingerprint density at radius 3 is 1.45 bits per heavy atom. The summed E-state index contributed by atoms with van der Waals surface area (Å²) < 4.78 is 17.4. The molecule has 0 aromatic rings. The van der Waals surface area contributed by atoms with Gasteiger partial charge in [0.15, 0.2) is 0 Å². The molecular weight excluding hydrogens is 685 g/mol. The summed E-state index contributed by atoms with van der Waals surface area (Å²) in [5.41, 5.74) is 0. The molecule has 0 saturated carbocycles. The maximum Gasteiger partial charge on any atom is 0.310 e. The fourth-order valence-corrected chi connectivity index (χ4v) is 7.35. The predicted octanol–water partition coefficient (Wildman–Crippen LogP) is 13.1. The Labute approximate surface area is 343 Å². The van der Waals surface area contributed by atoms with Crippen LogP contribution >= 0.6 is 0 Å². The van der Waals surface area contributed by atoms with Crippen LogP contribution in [-0.4, -0.2) is 86.9 Å². The average molecular weight is 781 g/mol. The number of ether oxygens (including phenoxy) is 3. The monoisotopic (exact) mass is 781 g/mol. The van der Waals surface area contributed by atoms with Gasteiger partial charge in [-0.25, -0.2) is 0 Å². The summed E-state index contributed by atoms with van der Waals surface area (Å²) in [7, 11) is 0. The number of unbranched alkanes of at least 4 members (excludes halogenated alkanes) is 21. The van der Waals surface area contributed by atoms with E-state index in [1.165, 1.54) is 128 Å². The van der Waals surface area contributed by atoms with Gasteiger partial charge in [-0.3, -0.25) is 9.59 Å². The molecule has 0 heterocycles. The van der Waals surface area contributed by atoms with E-state index in [0.717, 1.165) is 97.2 Å². The van der Waals surface area contributed by atoms with Crippen LogP contribution < -0.4 is 0 Å². The number of rotatable bonds is 44. The predicted molar refractivity (Wildman–Crippen MR) is 236 cm³/mol. The van der Waals surface area contributed by atoms with E-state index in [9.17, 15) is 9.59 Å². The lowest BCUT2D eigenvalue weighted by molar-refractivity contribution is -0.151. The molecule has 0 N–H and O–H groups in total. The maximum absolute atomic E-state index is 12.8. The fraction of sp³-hybridized carbons (Fsp3) is 0.958. The van der Waals surface area contributed by atoms with Gasteiger partial charge in [0.25, 0.3) is 0 Å². The van der Waals surface area contributed by atoms with Gasteiger partial charge in [0, 0.05) is 26.1 Å². The van der Waals surface area contributed by atoms with Crippen molar-refractivity contribution in [1.29, 1.82) is 0 Å². The van der Waals surface area contributed by atoms with Crippen molar-refractivity contribution in [3.8, 4) is 0 Å². The first-order valence-corrected chi connectivity index (χ1v) is 24.3. The number of esters is 2. The molecule has 1 unspecified atom stereocenters. The molecule has 0 aromatic heterocycles. The standard InChI is InChI=1S/C48H96N2O5/c1-7-12-15-18-22-28-35-46(36-29-23-19-16-13-8-2)55-47(51)37-30-24-21-25-31-38-50(41-40-49(10-4)11-5)39-32-27-34-43-54-48(52)45(6)44-53-42-33-26-20-17-14-9-3/h45-46H,7-44H2,1-6H3. The Balaban J connectivity index is 4.34. The van der Waals surface area contributed by atoms with Gasteiger partial charge in [-0.1, -0.05) is 150 Å². The Morgan fingerprint density at radius 2 is 0.909 bits per heavy atom. The maximum atomic E-state index is 12.8. The highest BCUT2D eigenvalue weighted by atomic mass is 16.5. The van der Waals surface area contributed by atoms with E-state index in [4.69, 9.17) is 14.2 Å². The third-order valence-corrected chi connectivity index (χ3v) is 11.3. The van der Waals surface area contributed by atoms with Crippen molar-refractivity contribution in [2.45, 2.75) is 234 Å². The Hall–Kier alpha value is -1.18. The summed E-state index contributed by atoms with van der Waals surface area (Å²) in [6.45, 7) is 21.5. The van der Waals surface area contributed by atoms with Crippen molar-refractivity contribution < 1.29 is 23.8 Å². The molecule has 1 atom stereocenters. The van der Waals surface area contributed by atoms with Crippen molar-refractivity contribution in [1.82, 2.24) is 9.80 Å². The quantitative estimate of drug-likeness (QED) is 0.0450. The zero-order chi connectivity index (χ0) is 40.5. The van der Waals surface area contributed by atoms with Gasteiger partial charge < -0.3 is 24.0 Å². The van der Waals surface area contributed by atoms with Crippen molar-refractivity contribution in [2.75, 3.05) is 59.1 Å². The Morgan fingerprint density at radius 1 is 0.473 bits per heavy atom. The lowest BCUT2D eigenvalue weighted by Crippen LogP contribution is -2.36. The smallest absolute Gasteiger partial charge is 0.310 e. The molecular formula is C48H96N2O5. The van der Waals surface area contributed by atoms with Gasteiger partial charge in [-0.15, -0.1) is 0 Å². The van der Waals surface area contributed by atoms with Gasteiger partial charge in [0.2, 0.25) is 0 Å².